The highest BCUT2D eigenvalue weighted by molar-refractivity contribution is 5.92. The third-order valence-electron chi connectivity index (χ3n) is 5.19. The molecule has 1 aromatic rings. The fourth-order valence-electron chi connectivity index (χ4n) is 3.55. The Labute approximate surface area is 208 Å². The van der Waals surface area contributed by atoms with Gasteiger partial charge in [-0.3, -0.25) is 9.59 Å². The highest BCUT2D eigenvalue weighted by Gasteiger charge is 2.30. The van der Waals surface area contributed by atoms with Crippen LogP contribution < -0.4 is 16.0 Å². The molecule has 3 amide bonds. The number of rotatable bonds is 14. The number of carboxylic acid groups (broad SMARTS) is 1. The van der Waals surface area contributed by atoms with Crippen LogP contribution in [0.15, 0.2) is 30.3 Å². The summed E-state index contributed by atoms with van der Waals surface area (Å²) in [4.78, 5) is 50.0. The van der Waals surface area contributed by atoms with Gasteiger partial charge in [0, 0.05) is 0 Å². The number of hydrogen-bond donors (Lipinski definition) is 4. The summed E-state index contributed by atoms with van der Waals surface area (Å²) in [7, 11) is 0. The third kappa shape index (κ3) is 12.2. The first kappa shape index (κ1) is 29.9. The van der Waals surface area contributed by atoms with Gasteiger partial charge in [0.2, 0.25) is 11.8 Å². The number of ether oxygens (including phenoxy) is 1. The first-order valence-corrected chi connectivity index (χ1v) is 12.2. The molecule has 1 aromatic carbocycles. The molecule has 0 aliphatic carbocycles. The Morgan fingerprint density at radius 2 is 1.14 bits per heavy atom. The molecule has 0 heterocycles. The van der Waals surface area contributed by atoms with Crippen LogP contribution in [0.3, 0.4) is 0 Å². The van der Waals surface area contributed by atoms with Crippen LogP contribution in [-0.4, -0.2) is 47.1 Å². The molecule has 0 unspecified atom stereocenters. The SMILES string of the molecule is CC(C)C[C@H](NC(=O)[C@H](CC(C)C)NC(=O)[C@H](CC(C)C)NC(=O)OCc1ccccc1)C(=O)O. The lowest BCUT2D eigenvalue weighted by atomic mass is 9.99. The first-order chi connectivity index (χ1) is 16.4. The van der Waals surface area contributed by atoms with Crippen LogP contribution in [-0.2, 0) is 25.7 Å². The van der Waals surface area contributed by atoms with Crippen molar-refractivity contribution >= 4 is 23.9 Å². The van der Waals surface area contributed by atoms with Crippen molar-refractivity contribution in [2.75, 3.05) is 0 Å². The molecule has 9 heteroatoms. The van der Waals surface area contributed by atoms with E-state index in [-0.39, 0.29) is 30.8 Å². The maximum atomic E-state index is 13.1. The van der Waals surface area contributed by atoms with Crippen molar-refractivity contribution < 1.29 is 29.0 Å². The molecule has 9 nitrogen and oxygen atoms in total. The van der Waals surface area contributed by atoms with Gasteiger partial charge in [0.15, 0.2) is 0 Å². The van der Waals surface area contributed by atoms with E-state index in [1.807, 2.05) is 71.9 Å². The second kappa shape index (κ2) is 15.0. The molecule has 3 atom stereocenters. The highest BCUT2D eigenvalue weighted by Crippen LogP contribution is 2.11. The molecule has 0 aliphatic rings. The Bertz CT molecular complexity index is 826. The van der Waals surface area contributed by atoms with E-state index < -0.39 is 42.0 Å². The molecule has 4 N–H and O–H groups in total. The average molecular weight is 492 g/mol. The molecule has 0 saturated heterocycles. The number of carbonyl (C=O) groups is 4. The van der Waals surface area contributed by atoms with Crippen molar-refractivity contribution in [2.24, 2.45) is 17.8 Å². The van der Waals surface area contributed by atoms with Crippen molar-refractivity contribution in [1.82, 2.24) is 16.0 Å². The zero-order valence-electron chi connectivity index (χ0n) is 21.7. The maximum absolute atomic E-state index is 13.1. The lowest BCUT2D eigenvalue weighted by Gasteiger charge is -2.26. The van der Waals surface area contributed by atoms with Crippen LogP contribution in [0.2, 0.25) is 0 Å². The topological polar surface area (TPSA) is 134 Å². The van der Waals surface area contributed by atoms with Crippen molar-refractivity contribution in [3.8, 4) is 0 Å². The average Bonchev–Trinajstić information content (AvgIpc) is 2.76. The number of amides is 3. The number of carboxylic acids is 1. The summed E-state index contributed by atoms with van der Waals surface area (Å²) < 4.78 is 5.25. The fourth-order valence-corrected chi connectivity index (χ4v) is 3.55. The van der Waals surface area contributed by atoms with E-state index in [9.17, 15) is 24.3 Å². The van der Waals surface area contributed by atoms with E-state index in [4.69, 9.17) is 4.74 Å². The van der Waals surface area contributed by atoms with Gasteiger partial charge in [-0.15, -0.1) is 0 Å². The van der Waals surface area contributed by atoms with Gasteiger partial charge >= 0.3 is 12.1 Å². The van der Waals surface area contributed by atoms with Gasteiger partial charge in [0.25, 0.3) is 0 Å². The lowest BCUT2D eigenvalue weighted by Crippen LogP contribution is -2.56. The largest absolute Gasteiger partial charge is 0.480 e. The minimum absolute atomic E-state index is 0.0618. The van der Waals surface area contributed by atoms with Crippen LogP contribution in [0.1, 0.15) is 66.4 Å². The van der Waals surface area contributed by atoms with Gasteiger partial charge in [-0.2, -0.15) is 0 Å². The van der Waals surface area contributed by atoms with Crippen molar-refractivity contribution in [1.29, 1.82) is 0 Å². The number of hydrogen-bond acceptors (Lipinski definition) is 5. The van der Waals surface area contributed by atoms with E-state index in [0.717, 1.165) is 5.56 Å². The number of aliphatic carboxylic acids is 1. The van der Waals surface area contributed by atoms with E-state index in [1.54, 1.807) is 0 Å². The number of carbonyl (C=O) groups excluding carboxylic acids is 3. The molecule has 0 aromatic heterocycles. The van der Waals surface area contributed by atoms with Gasteiger partial charge in [-0.25, -0.2) is 9.59 Å². The summed E-state index contributed by atoms with van der Waals surface area (Å²) in [5.41, 5.74) is 0.815. The second-order valence-electron chi connectivity index (χ2n) is 10.1. The van der Waals surface area contributed by atoms with E-state index >= 15 is 0 Å². The summed E-state index contributed by atoms with van der Waals surface area (Å²) in [5.74, 6) is -1.99. The summed E-state index contributed by atoms with van der Waals surface area (Å²) >= 11 is 0. The number of nitrogens with one attached hydrogen (secondary N) is 3. The van der Waals surface area contributed by atoms with Crippen LogP contribution in [0.5, 0.6) is 0 Å². The standard InChI is InChI=1S/C26H41N3O6/c1-16(2)12-20(23(30)28-22(25(32)33)14-18(5)6)27-24(31)21(13-17(3)4)29-26(34)35-15-19-10-8-7-9-11-19/h7-11,16-18,20-22H,12-15H2,1-6H3,(H,27,31)(H,28,30)(H,29,34)(H,32,33)/t20-,21-,22-/m0/s1. The molecule has 0 saturated carbocycles. The lowest BCUT2D eigenvalue weighted by molar-refractivity contribution is -0.142. The minimum atomic E-state index is -1.12. The third-order valence-corrected chi connectivity index (χ3v) is 5.19. The Morgan fingerprint density at radius 1 is 0.714 bits per heavy atom. The number of alkyl carbamates (subject to hydrolysis) is 1. The zero-order chi connectivity index (χ0) is 26.5. The molecular formula is C26H41N3O6. The Kier molecular flexibility index (Phi) is 12.8. The molecule has 0 spiro atoms. The predicted molar refractivity (Wildman–Crippen MR) is 133 cm³/mol. The normalized spacial score (nSPS) is 13.7. The van der Waals surface area contributed by atoms with Crippen molar-refractivity contribution in [2.45, 2.75) is 85.5 Å². The Morgan fingerprint density at radius 3 is 1.60 bits per heavy atom. The molecule has 196 valence electrons. The quantitative estimate of drug-likeness (QED) is 0.315. The second-order valence-corrected chi connectivity index (χ2v) is 10.1. The summed E-state index contributed by atoms with van der Waals surface area (Å²) in [6.07, 6.45) is 0.197. The smallest absolute Gasteiger partial charge is 0.408 e. The van der Waals surface area contributed by atoms with E-state index in [0.29, 0.717) is 12.8 Å². The van der Waals surface area contributed by atoms with Gasteiger partial charge in [0.05, 0.1) is 0 Å². The van der Waals surface area contributed by atoms with Gasteiger partial charge in [-0.1, -0.05) is 71.9 Å². The summed E-state index contributed by atoms with van der Waals surface area (Å²) in [6, 6.07) is 6.28. The molecule has 0 bridgehead atoms. The van der Waals surface area contributed by atoms with E-state index in [1.165, 1.54) is 0 Å². The Balaban J connectivity index is 2.88. The first-order valence-electron chi connectivity index (χ1n) is 12.2. The van der Waals surface area contributed by atoms with Crippen molar-refractivity contribution in [3.63, 3.8) is 0 Å². The summed E-state index contributed by atoms with van der Waals surface area (Å²) in [6.45, 7) is 11.4. The van der Waals surface area contributed by atoms with Gasteiger partial charge in [0.1, 0.15) is 24.7 Å². The minimum Gasteiger partial charge on any atom is -0.480 e. The molecular weight excluding hydrogens is 450 g/mol. The molecule has 0 fully saturated rings. The fraction of sp³-hybridized carbons (Fsp3) is 0.615. The van der Waals surface area contributed by atoms with Crippen LogP contribution in [0.4, 0.5) is 4.79 Å². The van der Waals surface area contributed by atoms with Crippen LogP contribution in [0, 0.1) is 17.8 Å². The van der Waals surface area contributed by atoms with Gasteiger partial charge in [-0.05, 0) is 42.6 Å². The Hall–Kier alpha value is -3.10. The molecule has 0 radical (unpaired) electrons. The van der Waals surface area contributed by atoms with Crippen LogP contribution in [0.25, 0.3) is 0 Å². The highest BCUT2D eigenvalue weighted by atomic mass is 16.5. The maximum Gasteiger partial charge on any atom is 0.408 e. The van der Waals surface area contributed by atoms with E-state index in [2.05, 4.69) is 16.0 Å². The molecule has 1 rings (SSSR count). The van der Waals surface area contributed by atoms with Gasteiger partial charge < -0.3 is 25.8 Å². The van der Waals surface area contributed by atoms with Crippen molar-refractivity contribution in [3.05, 3.63) is 35.9 Å². The number of benzene rings is 1. The van der Waals surface area contributed by atoms with Crippen LogP contribution >= 0.6 is 0 Å². The summed E-state index contributed by atoms with van der Waals surface area (Å²) in [5, 5.41) is 17.3. The predicted octanol–water partition coefficient (Wildman–Crippen LogP) is 3.47. The molecule has 35 heavy (non-hydrogen) atoms. The monoisotopic (exact) mass is 491 g/mol. The zero-order valence-corrected chi connectivity index (χ0v) is 21.7. The molecule has 0 aliphatic heterocycles.